The standard InChI is InChI=1S/C10H14ClN3O3/c1-7(3-4-11)12-10(15)9-5-8(14(16)17)6-13(9)2/h5-7H,3-4H2,1-2H3,(H,12,15). The molecule has 1 aromatic heterocycles. The molecular formula is C10H14ClN3O3. The number of nitro groups is 1. The Balaban J connectivity index is 2.78. The maximum absolute atomic E-state index is 11.8. The first-order chi connectivity index (χ1) is 7.95. The monoisotopic (exact) mass is 259 g/mol. The van der Waals surface area contributed by atoms with Crippen LogP contribution in [0.2, 0.25) is 0 Å². The highest BCUT2D eigenvalue weighted by Gasteiger charge is 2.18. The lowest BCUT2D eigenvalue weighted by atomic mass is 10.2. The minimum Gasteiger partial charge on any atom is -0.348 e. The predicted molar refractivity (Wildman–Crippen MR) is 64.3 cm³/mol. The molecule has 6 nitrogen and oxygen atoms in total. The Kier molecular flexibility index (Phi) is 4.51. The van der Waals surface area contributed by atoms with E-state index in [0.29, 0.717) is 12.3 Å². The van der Waals surface area contributed by atoms with E-state index in [9.17, 15) is 14.9 Å². The van der Waals surface area contributed by atoms with Crippen LogP contribution in [-0.4, -0.2) is 27.3 Å². The van der Waals surface area contributed by atoms with Crippen LogP contribution in [0, 0.1) is 10.1 Å². The molecule has 1 atom stereocenters. The van der Waals surface area contributed by atoms with E-state index in [0.717, 1.165) is 0 Å². The Morgan fingerprint density at radius 3 is 2.82 bits per heavy atom. The highest BCUT2D eigenvalue weighted by atomic mass is 35.5. The van der Waals surface area contributed by atoms with Crippen molar-refractivity contribution in [1.29, 1.82) is 0 Å². The molecule has 1 unspecified atom stereocenters. The fourth-order valence-electron chi connectivity index (χ4n) is 1.41. The van der Waals surface area contributed by atoms with Gasteiger partial charge in [0.25, 0.3) is 11.6 Å². The van der Waals surface area contributed by atoms with Crippen molar-refractivity contribution in [2.45, 2.75) is 19.4 Å². The first-order valence-corrected chi connectivity index (χ1v) is 5.66. The molecule has 1 aromatic rings. The van der Waals surface area contributed by atoms with Gasteiger partial charge in [-0.1, -0.05) is 0 Å². The third-order valence-electron chi connectivity index (χ3n) is 2.35. The van der Waals surface area contributed by atoms with Crippen LogP contribution in [0.1, 0.15) is 23.8 Å². The zero-order chi connectivity index (χ0) is 13.0. The van der Waals surface area contributed by atoms with Crippen molar-refractivity contribution in [1.82, 2.24) is 9.88 Å². The van der Waals surface area contributed by atoms with Crippen LogP contribution in [0.15, 0.2) is 12.3 Å². The molecule has 1 rings (SSSR count). The molecule has 7 heteroatoms. The quantitative estimate of drug-likeness (QED) is 0.496. The summed E-state index contributed by atoms with van der Waals surface area (Å²) in [5.41, 5.74) is 0.167. The van der Waals surface area contributed by atoms with Gasteiger partial charge >= 0.3 is 0 Å². The minimum atomic E-state index is -0.529. The molecule has 0 fully saturated rings. The number of rotatable bonds is 5. The summed E-state index contributed by atoms with van der Waals surface area (Å²) in [6.07, 6.45) is 1.96. The largest absolute Gasteiger partial charge is 0.348 e. The lowest BCUT2D eigenvalue weighted by Crippen LogP contribution is -2.33. The van der Waals surface area contributed by atoms with Crippen LogP contribution in [0.4, 0.5) is 5.69 Å². The van der Waals surface area contributed by atoms with Crippen LogP contribution in [-0.2, 0) is 7.05 Å². The van der Waals surface area contributed by atoms with Crippen molar-refractivity contribution in [3.8, 4) is 0 Å². The van der Waals surface area contributed by atoms with Gasteiger partial charge < -0.3 is 9.88 Å². The molecule has 1 heterocycles. The second-order valence-corrected chi connectivity index (χ2v) is 4.18. The summed E-state index contributed by atoms with van der Waals surface area (Å²) in [6, 6.07) is 1.19. The predicted octanol–water partition coefficient (Wildman–Crippen LogP) is 1.68. The van der Waals surface area contributed by atoms with E-state index >= 15 is 0 Å². The van der Waals surface area contributed by atoms with E-state index in [1.165, 1.54) is 16.8 Å². The second-order valence-electron chi connectivity index (χ2n) is 3.80. The summed E-state index contributed by atoms with van der Waals surface area (Å²) in [5, 5.41) is 13.3. The molecule has 94 valence electrons. The van der Waals surface area contributed by atoms with Gasteiger partial charge in [0.05, 0.1) is 11.1 Å². The van der Waals surface area contributed by atoms with Gasteiger partial charge in [0.15, 0.2) is 0 Å². The molecule has 0 aliphatic rings. The van der Waals surface area contributed by atoms with Gasteiger partial charge in [-0.05, 0) is 13.3 Å². The SMILES string of the molecule is CC(CCCl)NC(=O)c1cc([N+](=O)[O-])cn1C. The number of halogens is 1. The Morgan fingerprint density at radius 2 is 2.35 bits per heavy atom. The third kappa shape index (κ3) is 3.45. The fourth-order valence-corrected chi connectivity index (χ4v) is 1.73. The van der Waals surface area contributed by atoms with Gasteiger partial charge in [-0.25, -0.2) is 0 Å². The van der Waals surface area contributed by atoms with Gasteiger partial charge in [-0.3, -0.25) is 14.9 Å². The van der Waals surface area contributed by atoms with Crippen molar-refractivity contribution in [3.05, 3.63) is 28.1 Å². The van der Waals surface area contributed by atoms with E-state index < -0.39 is 4.92 Å². The van der Waals surface area contributed by atoms with E-state index in [1.807, 2.05) is 6.92 Å². The fraction of sp³-hybridized carbons (Fsp3) is 0.500. The molecule has 0 saturated heterocycles. The summed E-state index contributed by atoms with van der Waals surface area (Å²) in [7, 11) is 1.59. The van der Waals surface area contributed by atoms with Crippen molar-refractivity contribution >= 4 is 23.2 Å². The summed E-state index contributed by atoms with van der Waals surface area (Å²) in [6.45, 7) is 1.83. The number of aryl methyl sites for hydroxylation is 1. The number of amides is 1. The number of carbonyl (C=O) groups excluding carboxylic acids is 1. The lowest BCUT2D eigenvalue weighted by molar-refractivity contribution is -0.384. The highest BCUT2D eigenvalue weighted by molar-refractivity contribution is 6.17. The van der Waals surface area contributed by atoms with Crippen LogP contribution in [0.3, 0.4) is 0 Å². The maximum atomic E-state index is 11.8. The van der Waals surface area contributed by atoms with E-state index in [2.05, 4.69) is 5.32 Å². The van der Waals surface area contributed by atoms with Crippen molar-refractivity contribution < 1.29 is 9.72 Å². The lowest BCUT2D eigenvalue weighted by Gasteiger charge is -2.12. The Hall–Kier alpha value is -1.56. The minimum absolute atomic E-state index is 0.0612. The van der Waals surface area contributed by atoms with Crippen LogP contribution >= 0.6 is 11.6 Å². The number of hydrogen-bond acceptors (Lipinski definition) is 3. The maximum Gasteiger partial charge on any atom is 0.287 e. The van der Waals surface area contributed by atoms with Crippen LogP contribution in [0.5, 0.6) is 0 Å². The molecule has 1 amide bonds. The number of alkyl halides is 1. The highest BCUT2D eigenvalue weighted by Crippen LogP contribution is 2.15. The smallest absolute Gasteiger partial charge is 0.287 e. The normalized spacial score (nSPS) is 12.2. The van der Waals surface area contributed by atoms with Crippen LogP contribution in [0.25, 0.3) is 0 Å². The molecule has 0 aliphatic carbocycles. The number of nitrogens with one attached hydrogen (secondary N) is 1. The Bertz CT molecular complexity index is 430. The van der Waals surface area contributed by atoms with E-state index in [4.69, 9.17) is 11.6 Å². The first-order valence-electron chi connectivity index (χ1n) is 5.13. The summed E-state index contributed by atoms with van der Waals surface area (Å²) < 4.78 is 1.43. The number of carbonyl (C=O) groups is 1. The van der Waals surface area contributed by atoms with E-state index in [1.54, 1.807) is 7.05 Å². The summed E-state index contributed by atoms with van der Waals surface area (Å²) in [5.74, 6) is 0.118. The average molecular weight is 260 g/mol. The van der Waals surface area contributed by atoms with Gasteiger partial charge in [-0.2, -0.15) is 0 Å². The third-order valence-corrected chi connectivity index (χ3v) is 2.57. The molecule has 0 aromatic carbocycles. The number of aromatic nitrogens is 1. The molecule has 1 N–H and O–H groups in total. The first kappa shape index (κ1) is 13.5. The summed E-state index contributed by atoms with van der Waals surface area (Å²) >= 11 is 5.56. The molecular weight excluding hydrogens is 246 g/mol. The Morgan fingerprint density at radius 1 is 1.71 bits per heavy atom. The zero-order valence-electron chi connectivity index (χ0n) is 9.64. The van der Waals surface area contributed by atoms with Gasteiger partial charge in [0.1, 0.15) is 5.69 Å². The molecule has 0 radical (unpaired) electrons. The van der Waals surface area contributed by atoms with Crippen molar-refractivity contribution in [2.75, 3.05) is 5.88 Å². The zero-order valence-corrected chi connectivity index (χ0v) is 10.4. The molecule has 0 bridgehead atoms. The topological polar surface area (TPSA) is 77.2 Å². The molecule has 0 aliphatic heterocycles. The summed E-state index contributed by atoms with van der Waals surface area (Å²) in [4.78, 5) is 21.8. The Labute approximate surface area is 104 Å². The second kappa shape index (κ2) is 5.67. The van der Waals surface area contributed by atoms with Crippen molar-refractivity contribution in [2.24, 2.45) is 7.05 Å². The van der Waals surface area contributed by atoms with Crippen LogP contribution < -0.4 is 5.32 Å². The molecule has 17 heavy (non-hydrogen) atoms. The van der Waals surface area contributed by atoms with Gasteiger partial charge in [0, 0.05) is 25.0 Å². The number of hydrogen-bond donors (Lipinski definition) is 1. The van der Waals surface area contributed by atoms with Gasteiger partial charge in [-0.15, -0.1) is 11.6 Å². The number of nitrogens with zero attached hydrogens (tertiary/aromatic N) is 2. The molecule has 0 spiro atoms. The average Bonchev–Trinajstić information content (AvgIpc) is 2.60. The molecule has 0 saturated carbocycles. The van der Waals surface area contributed by atoms with E-state index in [-0.39, 0.29) is 23.3 Å². The van der Waals surface area contributed by atoms with Gasteiger partial charge in [0.2, 0.25) is 0 Å². The van der Waals surface area contributed by atoms with Crippen molar-refractivity contribution in [3.63, 3.8) is 0 Å².